The second-order valence-corrected chi connectivity index (χ2v) is 12.5. The lowest BCUT2D eigenvalue weighted by Crippen LogP contribution is -2.51. The number of carbonyl (C=O) groups excluding carboxylic acids is 2. The molecule has 234 valence electrons. The number of aliphatic hydroxyl groups excluding tert-OH is 1. The molecule has 0 saturated carbocycles. The van der Waals surface area contributed by atoms with Crippen molar-refractivity contribution in [2.75, 3.05) is 43.1 Å². The summed E-state index contributed by atoms with van der Waals surface area (Å²) in [5, 5.41) is 20.3. The number of benzene rings is 1. The smallest absolute Gasteiger partial charge is 0.411 e. The number of amidine groups is 1. The molecule has 4 aliphatic rings. The molecule has 3 fully saturated rings. The van der Waals surface area contributed by atoms with Crippen molar-refractivity contribution in [2.24, 2.45) is 0 Å². The second-order valence-electron chi connectivity index (χ2n) is 12.5. The van der Waals surface area contributed by atoms with Crippen molar-refractivity contribution < 1.29 is 34.3 Å². The van der Waals surface area contributed by atoms with Gasteiger partial charge in [-0.2, -0.15) is 10.3 Å². The van der Waals surface area contributed by atoms with E-state index in [0.717, 1.165) is 25.7 Å². The van der Waals surface area contributed by atoms with Gasteiger partial charge in [0.15, 0.2) is 0 Å². The summed E-state index contributed by atoms with van der Waals surface area (Å²) in [6, 6.07) is 6.51. The standard InChI is InChI=1S/C31H39N7O6/c1-18(39)14-24(32)34-30(41)33-20-6-4-19(5-7-20)26-25-27(36-29(35-26)37-15-22-8-9-23(16-37)43-22)44-31(2,3)17-38(28(25)40)21-10-12-42-13-11-21/h4-7,14,21-23,39H,8-13,15-17H2,1-3H3,(H3,32,33,34,41)/p+1/b18-14-. The predicted molar refractivity (Wildman–Crippen MR) is 163 cm³/mol. The first kappa shape index (κ1) is 29.8. The topological polar surface area (TPSA) is 164 Å². The highest BCUT2D eigenvalue weighted by molar-refractivity contribution is 6.05. The maximum Gasteiger partial charge on any atom is 0.411 e. The van der Waals surface area contributed by atoms with Gasteiger partial charge in [0.1, 0.15) is 11.2 Å². The van der Waals surface area contributed by atoms with Gasteiger partial charge in [-0.05, 0) is 58.6 Å². The molecular weight excluding hydrogens is 566 g/mol. The number of rotatable bonds is 5. The zero-order chi connectivity index (χ0) is 31.0. The summed E-state index contributed by atoms with van der Waals surface area (Å²) < 4.78 is 18.2. The average Bonchev–Trinajstić information content (AvgIpc) is 3.27. The zero-order valence-electron chi connectivity index (χ0n) is 25.3. The first-order valence-corrected chi connectivity index (χ1v) is 15.1. The number of morpholine rings is 1. The van der Waals surface area contributed by atoms with E-state index in [2.05, 4.69) is 15.5 Å². The highest BCUT2D eigenvalue weighted by Gasteiger charge is 2.42. The lowest BCUT2D eigenvalue weighted by Gasteiger charge is -2.36. The van der Waals surface area contributed by atoms with Crippen molar-refractivity contribution in [3.63, 3.8) is 0 Å². The number of amides is 3. The Bertz CT molecular complexity index is 1450. The molecule has 1 aromatic carbocycles. The fourth-order valence-electron chi connectivity index (χ4n) is 6.30. The third kappa shape index (κ3) is 6.48. The molecule has 2 unspecified atom stereocenters. The lowest BCUT2D eigenvalue weighted by molar-refractivity contribution is -0.115. The van der Waals surface area contributed by atoms with Crippen LogP contribution in [0.2, 0.25) is 0 Å². The molecule has 0 radical (unpaired) electrons. The summed E-state index contributed by atoms with van der Waals surface area (Å²) in [6.07, 6.45) is 5.00. The van der Waals surface area contributed by atoms with Gasteiger partial charge in [-0.1, -0.05) is 12.1 Å². The van der Waals surface area contributed by atoms with Crippen LogP contribution in [0.25, 0.3) is 11.3 Å². The van der Waals surface area contributed by atoms with E-state index in [1.54, 1.807) is 24.3 Å². The summed E-state index contributed by atoms with van der Waals surface area (Å²) >= 11 is 0. The number of hydrogen-bond donors (Lipinski definition) is 4. The van der Waals surface area contributed by atoms with E-state index >= 15 is 0 Å². The third-order valence-corrected chi connectivity index (χ3v) is 8.26. The number of fused-ring (bicyclic) bond motifs is 3. The van der Waals surface area contributed by atoms with Crippen LogP contribution in [0, 0.1) is 0 Å². The Morgan fingerprint density at radius 1 is 1.09 bits per heavy atom. The number of nitrogens with zero attached hydrogens (tertiary/aromatic N) is 4. The SMILES string of the molecule is C/C(O)=C/C(=[NH2+])NC(=O)Nc1ccc(-c2nc(N3CC4CCC(C3)O4)nc3c2C(=O)N(C2CCOCC2)CC(C)(C)O3)cc1. The molecule has 2 atom stereocenters. The van der Waals surface area contributed by atoms with Crippen LogP contribution < -0.4 is 25.7 Å². The molecule has 4 aliphatic heterocycles. The molecule has 2 bridgehead atoms. The van der Waals surface area contributed by atoms with E-state index in [0.29, 0.717) is 61.3 Å². The van der Waals surface area contributed by atoms with Crippen LogP contribution in [0.4, 0.5) is 16.4 Å². The second kappa shape index (κ2) is 12.0. The average molecular weight is 607 g/mol. The van der Waals surface area contributed by atoms with Gasteiger partial charge in [0.25, 0.3) is 11.7 Å². The molecule has 5 N–H and O–H groups in total. The van der Waals surface area contributed by atoms with Crippen molar-refractivity contribution in [1.29, 1.82) is 0 Å². The number of carbonyl (C=O) groups is 2. The first-order chi connectivity index (χ1) is 21.0. The number of anilines is 2. The van der Waals surface area contributed by atoms with Crippen molar-refractivity contribution in [1.82, 2.24) is 20.2 Å². The largest absolute Gasteiger partial charge is 0.512 e. The summed E-state index contributed by atoms with van der Waals surface area (Å²) in [5.74, 6) is 0.580. The number of urea groups is 1. The van der Waals surface area contributed by atoms with E-state index < -0.39 is 11.6 Å². The summed E-state index contributed by atoms with van der Waals surface area (Å²) in [7, 11) is 0. The van der Waals surface area contributed by atoms with Crippen LogP contribution in [0.5, 0.6) is 5.88 Å². The number of ether oxygens (including phenoxy) is 3. The summed E-state index contributed by atoms with van der Waals surface area (Å²) in [5.41, 5.74) is 1.30. The molecule has 0 spiro atoms. The fraction of sp³-hybridized carbons (Fsp3) is 0.516. The molecule has 0 aliphatic carbocycles. The highest BCUT2D eigenvalue weighted by Crippen LogP contribution is 2.39. The van der Waals surface area contributed by atoms with Gasteiger partial charge in [0.2, 0.25) is 11.8 Å². The number of allylic oxidation sites excluding steroid dienone is 1. The molecule has 5 heterocycles. The first-order valence-electron chi connectivity index (χ1n) is 15.1. The minimum absolute atomic E-state index is 0.00222. The van der Waals surface area contributed by atoms with Crippen LogP contribution in [0.1, 0.15) is 56.8 Å². The van der Waals surface area contributed by atoms with Crippen LogP contribution in [0.3, 0.4) is 0 Å². The fourth-order valence-corrected chi connectivity index (χ4v) is 6.30. The number of hydrogen-bond acceptors (Lipinski definition) is 9. The lowest BCUT2D eigenvalue weighted by atomic mass is 10.0. The quantitative estimate of drug-likeness (QED) is 0.227. The maximum absolute atomic E-state index is 14.4. The number of aromatic nitrogens is 2. The molecule has 44 heavy (non-hydrogen) atoms. The van der Waals surface area contributed by atoms with E-state index in [9.17, 15) is 14.7 Å². The summed E-state index contributed by atoms with van der Waals surface area (Å²) in [6.45, 7) is 8.36. The highest BCUT2D eigenvalue weighted by atomic mass is 16.5. The van der Waals surface area contributed by atoms with Crippen LogP contribution in [-0.2, 0) is 9.47 Å². The van der Waals surface area contributed by atoms with Crippen molar-refractivity contribution in [3.8, 4) is 17.1 Å². The minimum Gasteiger partial charge on any atom is -0.512 e. The van der Waals surface area contributed by atoms with Crippen LogP contribution >= 0.6 is 0 Å². The Hall–Kier alpha value is -4.23. The van der Waals surface area contributed by atoms with Gasteiger partial charge in [0.05, 0.1) is 36.3 Å². The van der Waals surface area contributed by atoms with Gasteiger partial charge in [-0.25, -0.2) is 9.78 Å². The Balaban J connectivity index is 1.36. The van der Waals surface area contributed by atoms with Gasteiger partial charge >= 0.3 is 6.03 Å². The van der Waals surface area contributed by atoms with Gasteiger partial charge < -0.3 is 29.1 Å². The number of aliphatic hydroxyl groups is 1. The maximum atomic E-state index is 14.4. The number of nitrogens with one attached hydrogen (secondary N) is 2. The Kier molecular flexibility index (Phi) is 8.16. The Morgan fingerprint density at radius 2 is 1.77 bits per heavy atom. The molecule has 13 heteroatoms. The van der Waals surface area contributed by atoms with Crippen LogP contribution in [0.15, 0.2) is 36.1 Å². The normalized spacial score (nSPS) is 23.4. The Labute approximate surface area is 256 Å². The van der Waals surface area contributed by atoms with E-state index in [-0.39, 0.29) is 41.6 Å². The molecule has 13 nitrogen and oxygen atoms in total. The monoisotopic (exact) mass is 606 g/mol. The van der Waals surface area contributed by atoms with Crippen molar-refractivity contribution >= 4 is 29.4 Å². The molecule has 1 aromatic heterocycles. The molecule has 6 rings (SSSR count). The third-order valence-electron chi connectivity index (χ3n) is 8.26. The van der Waals surface area contributed by atoms with E-state index in [1.807, 2.05) is 18.7 Å². The van der Waals surface area contributed by atoms with Gasteiger partial charge in [-0.3, -0.25) is 15.5 Å². The van der Waals surface area contributed by atoms with E-state index in [4.69, 9.17) is 29.6 Å². The molecule has 3 saturated heterocycles. The van der Waals surface area contributed by atoms with Gasteiger partial charge in [0, 0.05) is 43.6 Å². The van der Waals surface area contributed by atoms with Crippen molar-refractivity contribution in [2.45, 2.75) is 70.3 Å². The predicted octanol–water partition coefficient (Wildman–Crippen LogP) is 2.04. The van der Waals surface area contributed by atoms with Crippen LogP contribution in [-0.4, -0.2) is 94.4 Å². The number of nitrogens with two attached hydrogens (primary N) is 1. The molecular formula is C31H40N7O6+. The summed E-state index contributed by atoms with van der Waals surface area (Å²) in [4.78, 5) is 40.7. The van der Waals surface area contributed by atoms with Gasteiger partial charge in [-0.15, -0.1) is 0 Å². The van der Waals surface area contributed by atoms with E-state index in [1.165, 1.54) is 13.0 Å². The molecule has 3 amide bonds. The zero-order valence-corrected chi connectivity index (χ0v) is 25.3. The molecule has 2 aromatic rings. The minimum atomic E-state index is -0.685. The Morgan fingerprint density at radius 3 is 2.43 bits per heavy atom. The van der Waals surface area contributed by atoms with Crippen molar-refractivity contribution in [3.05, 3.63) is 41.7 Å².